The van der Waals surface area contributed by atoms with Crippen LogP contribution in [0.25, 0.3) is 0 Å². The Labute approximate surface area is 184 Å². The molecule has 0 saturated carbocycles. The Hall–Kier alpha value is -3.40. The molecule has 1 N–H and O–H groups in total. The van der Waals surface area contributed by atoms with Crippen molar-refractivity contribution in [3.8, 4) is 0 Å². The Kier molecular flexibility index (Phi) is 5.00. The smallest absolute Gasteiger partial charge is 0.416 e. The molecule has 1 unspecified atom stereocenters. The molecule has 1 spiro atoms. The Balaban J connectivity index is 1.70. The third-order valence-electron chi connectivity index (χ3n) is 5.56. The molecule has 1 atom stereocenters. The van der Waals surface area contributed by atoms with Gasteiger partial charge in [-0.1, -0.05) is 23.7 Å². The predicted molar refractivity (Wildman–Crippen MR) is 105 cm³/mol. The fourth-order valence-corrected chi connectivity index (χ4v) is 4.27. The fraction of sp³-hybridized carbons (Fsp3) is 0.238. The van der Waals surface area contributed by atoms with Crippen molar-refractivity contribution in [2.24, 2.45) is 0 Å². The summed E-state index contributed by atoms with van der Waals surface area (Å²) in [6.45, 7) is -1.05. The second kappa shape index (κ2) is 7.33. The number of nitrogens with zero attached hydrogens (tertiary/aromatic N) is 2. The van der Waals surface area contributed by atoms with Gasteiger partial charge in [0.1, 0.15) is 6.54 Å². The number of benzene rings is 2. The molecule has 2 aliphatic heterocycles. The maximum absolute atomic E-state index is 13.4. The third kappa shape index (κ3) is 3.31. The molecule has 0 aliphatic carbocycles. The fourth-order valence-electron chi connectivity index (χ4n) is 4.09. The van der Waals surface area contributed by atoms with Crippen molar-refractivity contribution in [2.75, 3.05) is 11.4 Å². The van der Waals surface area contributed by atoms with E-state index >= 15 is 0 Å². The summed E-state index contributed by atoms with van der Waals surface area (Å²) < 4.78 is 38.3. The van der Waals surface area contributed by atoms with Crippen LogP contribution in [0, 0.1) is 0 Å². The molecule has 0 aromatic heterocycles. The van der Waals surface area contributed by atoms with Crippen molar-refractivity contribution in [3.05, 3.63) is 64.2 Å². The van der Waals surface area contributed by atoms with Gasteiger partial charge in [0.05, 0.1) is 18.5 Å². The molecule has 0 radical (unpaired) electrons. The summed E-state index contributed by atoms with van der Waals surface area (Å²) in [5.41, 5.74) is -2.28. The Morgan fingerprint density at radius 3 is 2.25 bits per heavy atom. The minimum Gasteiger partial charge on any atom is -0.480 e. The number of carboxylic acid groups (broad SMARTS) is 1. The number of amides is 3. The standard InChI is InChI=1S/C21H14ClF3N2O5/c22-13-5-6-15-14(7-13)20(18(31)26(15)10-17(29)30)8-16(28)27(19(20)32)9-11-1-3-12(4-2-11)21(23,24)25/h1-7H,8-10H2,(H,29,30). The average molecular weight is 467 g/mol. The quantitative estimate of drug-likeness (QED) is 0.552. The Morgan fingerprint density at radius 2 is 1.66 bits per heavy atom. The Morgan fingerprint density at radius 1 is 1.03 bits per heavy atom. The van der Waals surface area contributed by atoms with E-state index < -0.39 is 53.8 Å². The number of alkyl halides is 3. The number of anilines is 1. The number of hydrogen-bond acceptors (Lipinski definition) is 4. The molecule has 3 amide bonds. The van der Waals surface area contributed by atoms with Crippen molar-refractivity contribution in [1.82, 2.24) is 4.90 Å². The molecule has 2 heterocycles. The van der Waals surface area contributed by atoms with E-state index in [1.54, 1.807) is 0 Å². The van der Waals surface area contributed by atoms with E-state index in [2.05, 4.69) is 0 Å². The highest BCUT2D eigenvalue weighted by Gasteiger charge is 2.63. The van der Waals surface area contributed by atoms with Gasteiger partial charge in [-0.2, -0.15) is 13.2 Å². The minimum atomic E-state index is -4.53. The van der Waals surface area contributed by atoms with Crippen LogP contribution in [-0.4, -0.2) is 40.2 Å². The number of halogens is 4. The predicted octanol–water partition coefficient (Wildman–Crippen LogP) is 2.99. The highest BCUT2D eigenvalue weighted by Crippen LogP contribution is 2.49. The molecular formula is C21H14ClF3N2O5. The first-order valence-electron chi connectivity index (χ1n) is 9.30. The van der Waals surface area contributed by atoms with Gasteiger partial charge in [-0.3, -0.25) is 29.0 Å². The summed E-state index contributed by atoms with van der Waals surface area (Å²) in [6.07, 6.45) is -5.07. The second-order valence-electron chi connectivity index (χ2n) is 7.51. The maximum Gasteiger partial charge on any atom is 0.416 e. The first kappa shape index (κ1) is 21.8. The van der Waals surface area contributed by atoms with E-state index in [0.717, 1.165) is 34.1 Å². The third-order valence-corrected chi connectivity index (χ3v) is 5.80. The second-order valence-corrected chi connectivity index (χ2v) is 7.94. The molecule has 2 aromatic carbocycles. The van der Waals surface area contributed by atoms with Crippen molar-refractivity contribution in [2.45, 2.75) is 24.6 Å². The summed E-state index contributed by atoms with van der Waals surface area (Å²) in [5, 5.41) is 9.37. The van der Waals surface area contributed by atoms with Gasteiger partial charge in [-0.15, -0.1) is 0 Å². The lowest BCUT2D eigenvalue weighted by Gasteiger charge is -2.22. The van der Waals surface area contributed by atoms with Gasteiger partial charge < -0.3 is 5.11 Å². The van der Waals surface area contributed by atoms with Crippen LogP contribution in [0.5, 0.6) is 0 Å². The lowest BCUT2D eigenvalue weighted by molar-refractivity contribution is -0.143. The lowest BCUT2D eigenvalue weighted by atomic mass is 9.80. The van der Waals surface area contributed by atoms with Gasteiger partial charge in [0.25, 0.3) is 0 Å². The molecule has 0 bridgehead atoms. The van der Waals surface area contributed by atoms with E-state index in [9.17, 15) is 37.5 Å². The number of carboxylic acids is 1. The minimum absolute atomic E-state index is 0.129. The SMILES string of the molecule is O=C(O)CN1C(=O)C2(CC(=O)N(Cc3ccc(C(F)(F)F)cc3)C2=O)c2cc(Cl)ccc21. The van der Waals surface area contributed by atoms with Crippen LogP contribution in [-0.2, 0) is 37.3 Å². The molecule has 32 heavy (non-hydrogen) atoms. The lowest BCUT2D eigenvalue weighted by Crippen LogP contribution is -2.47. The van der Waals surface area contributed by atoms with Crippen LogP contribution < -0.4 is 4.90 Å². The number of fused-ring (bicyclic) bond motifs is 2. The van der Waals surface area contributed by atoms with Crippen LogP contribution in [0.15, 0.2) is 42.5 Å². The van der Waals surface area contributed by atoms with Gasteiger partial charge in [-0.25, -0.2) is 0 Å². The molecule has 7 nitrogen and oxygen atoms in total. The van der Waals surface area contributed by atoms with E-state index in [1.807, 2.05) is 0 Å². The van der Waals surface area contributed by atoms with E-state index in [4.69, 9.17) is 11.6 Å². The maximum atomic E-state index is 13.4. The topological polar surface area (TPSA) is 95.0 Å². The number of imide groups is 1. The largest absolute Gasteiger partial charge is 0.480 e. The highest BCUT2D eigenvalue weighted by molar-refractivity contribution is 6.32. The highest BCUT2D eigenvalue weighted by atomic mass is 35.5. The Bertz CT molecular complexity index is 1170. The summed E-state index contributed by atoms with van der Waals surface area (Å²) in [4.78, 5) is 52.3. The summed E-state index contributed by atoms with van der Waals surface area (Å²) in [5.74, 6) is -3.74. The number of likely N-dealkylation sites (tertiary alicyclic amines) is 1. The van der Waals surface area contributed by atoms with Gasteiger partial charge in [0.2, 0.25) is 17.7 Å². The first-order valence-corrected chi connectivity index (χ1v) is 9.67. The zero-order valence-corrected chi connectivity index (χ0v) is 16.9. The van der Waals surface area contributed by atoms with Gasteiger partial charge in [-0.05, 0) is 35.9 Å². The zero-order chi connectivity index (χ0) is 23.4. The normalized spacial score (nSPS) is 20.4. The summed E-state index contributed by atoms with van der Waals surface area (Å²) in [6, 6.07) is 8.15. The van der Waals surface area contributed by atoms with Crippen molar-refractivity contribution in [1.29, 1.82) is 0 Å². The van der Waals surface area contributed by atoms with Gasteiger partial charge in [0, 0.05) is 16.3 Å². The van der Waals surface area contributed by atoms with Gasteiger partial charge >= 0.3 is 12.1 Å². The van der Waals surface area contributed by atoms with E-state index in [-0.39, 0.29) is 28.4 Å². The zero-order valence-electron chi connectivity index (χ0n) is 16.1. The number of carbonyl (C=O) groups is 4. The van der Waals surface area contributed by atoms with Crippen molar-refractivity contribution in [3.63, 3.8) is 0 Å². The van der Waals surface area contributed by atoms with Crippen molar-refractivity contribution < 1.29 is 37.5 Å². The summed E-state index contributed by atoms with van der Waals surface area (Å²) >= 11 is 6.04. The van der Waals surface area contributed by atoms with E-state index in [1.165, 1.54) is 18.2 Å². The monoisotopic (exact) mass is 466 g/mol. The number of hydrogen-bond donors (Lipinski definition) is 1. The molecule has 2 aromatic rings. The van der Waals surface area contributed by atoms with E-state index in [0.29, 0.717) is 0 Å². The van der Waals surface area contributed by atoms with Crippen LogP contribution >= 0.6 is 11.6 Å². The average Bonchev–Trinajstić information content (AvgIpc) is 3.08. The number of rotatable bonds is 4. The van der Waals surface area contributed by atoms with Crippen LogP contribution in [0.2, 0.25) is 5.02 Å². The van der Waals surface area contributed by atoms with Crippen LogP contribution in [0.3, 0.4) is 0 Å². The molecule has 4 rings (SSSR count). The molecule has 1 saturated heterocycles. The molecule has 2 aliphatic rings. The summed E-state index contributed by atoms with van der Waals surface area (Å²) in [7, 11) is 0. The number of carbonyl (C=O) groups excluding carboxylic acids is 3. The molecular weight excluding hydrogens is 453 g/mol. The molecule has 1 fully saturated rings. The molecule has 166 valence electrons. The first-order chi connectivity index (χ1) is 14.9. The van der Waals surface area contributed by atoms with Gasteiger partial charge in [0.15, 0.2) is 5.41 Å². The van der Waals surface area contributed by atoms with Crippen molar-refractivity contribution >= 4 is 41.0 Å². The van der Waals surface area contributed by atoms with Crippen LogP contribution in [0.4, 0.5) is 18.9 Å². The number of aliphatic carboxylic acids is 1. The van der Waals surface area contributed by atoms with Crippen LogP contribution in [0.1, 0.15) is 23.1 Å². The molecule has 11 heteroatoms.